The van der Waals surface area contributed by atoms with Crippen LogP contribution in [0.3, 0.4) is 0 Å². The van der Waals surface area contributed by atoms with E-state index >= 15 is 0 Å². The molecule has 3 aromatic carbocycles. The lowest BCUT2D eigenvalue weighted by molar-refractivity contribution is -0.146. The average Bonchev–Trinajstić information content (AvgIpc) is 3.04. The van der Waals surface area contributed by atoms with Gasteiger partial charge >= 0.3 is 5.97 Å². The van der Waals surface area contributed by atoms with Crippen molar-refractivity contribution in [2.24, 2.45) is 5.92 Å². The second-order valence-electron chi connectivity index (χ2n) is 10.9. The third-order valence-corrected chi connectivity index (χ3v) is 7.26. The summed E-state index contributed by atoms with van der Waals surface area (Å²) < 4.78 is 5.39. The summed E-state index contributed by atoms with van der Waals surface area (Å²) in [5.41, 5.74) is 1.47. The molecular formula is C36H43N3O6. The summed E-state index contributed by atoms with van der Waals surface area (Å²) in [7, 11) is 0. The summed E-state index contributed by atoms with van der Waals surface area (Å²) >= 11 is 0. The molecule has 9 heteroatoms. The van der Waals surface area contributed by atoms with Gasteiger partial charge in [0.25, 0.3) is 5.91 Å². The van der Waals surface area contributed by atoms with E-state index in [1.807, 2.05) is 66.7 Å². The van der Waals surface area contributed by atoms with E-state index in [0.29, 0.717) is 18.5 Å². The van der Waals surface area contributed by atoms with Crippen molar-refractivity contribution in [2.75, 3.05) is 18.5 Å². The fourth-order valence-corrected chi connectivity index (χ4v) is 4.83. The number of esters is 1. The number of amides is 3. The van der Waals surface area contributed by atoms with Gasteiger partial charge in [-0.1, -0.05) is 72.8 Å². The van der Waals surface area contributed by atoms with Crippen molar-refractivity contribution in [2.45, 2.75) is 57.0 Å². The molecule has 0 saturated heterocycles. The molecule has 3 aromatic rings. The predicted octanol–water partition coefficient (Wildman–Crippen LogP) is 4.85. The monoisotopic (exact) mass is 613 g/mol. The number of ether oxygens (including phenoxy) is 1. The van der Waals surface area contributed by atoms with Gasteiger partial charge in [0.05, 0.1) is 18.6 Å². The summed E-state index contributed by atoms with van der Waals surface area (Å²) in [4.78, 5) is 52.1. The topological polar surface area (TPSA) is 134 Å². The molecular weight excluding hydrogens is 570 g/mol. The summed E-state index contributed by atoms with van der Waals surface area (Å²) in [5.74, 6) is -2.87. The fourth-order valence-electron chi connectivity index (χ4n) is 4.83. The highest BCUT2D eigenvalue weighted by Crippen LogP contribution is 2.19. The van der Waals surface area contributed by atoms with Crippen molar-refractivity contribution in [3.63, 3.8) is 0 Å². The summed E-state index contributed by atoms with van der Waals surface area (Å²) in [6.07, 6.45) is 6.07. The van der Waals surface area contributed by atoms with E-state index in [1.165, 1.54) is 6.08 Å². The standard InChI is InChI=1S/C36H43N3O6/c1-3-5-6-10-18-34(42)45-25-32(36(44)38-30-20-19-27-16-11-12-17-28(27)22-30)39-35(43)29(13-4-2)23-33(41)37-31(24-40)21-26-14-8-7-9-15-26/h3-4,7-9,11-12,14-17,19-20,22,29,31-32,40H,1-2,5-6,10,13,18,21,23-25H2,(H,37,41)(H,38,44)(H,39,43)/t29-,31+,32+/m1/s1. The molecule has 0 unspecified atom stereocenters. The van der Waals surface area contributed by atoms with E-state index in [1.54, 1.807) is 12.1 Å². The van der Waals surface area contributed by atoms with Crippen molar-refractivity contribution in [1.82, 2.24) is 10.6 Å². The number of allylic oxidation sites excluding steroid dienone is 2. The van der Waals surface area contributed by atoms with E-state index in [4.69, 9.17) is 4.74 Å². The molecule has 0 aromatic heterocycles. The Balaban J connectivity index is 1.68. The maximum absolute atomic E-state index is 13.4. The molecule has 0 heterocycles. The Morgan fingerprint density at radius 3 is 2.29 bits per heavy atom. The minimum atomic E-state index is -1.21. The summed E-state index contributed by atoms with van der Waals surface area (Å²) in [6.45, 7) is 6.74. The number of carbonyl (C=O) groups is 4. The zero-order chi connectivity index (χ0) is 32.4. The van der Waals surface area contributed by atoms with Crippen molar-refractivity contribution in [3.05, 3.63) is 104 Å². The Morgan fingerprint density at radius 1 is 0.844 bits per heavy atom. The van der Waals surface area contributed by atoms with Crippen molar-refractivity contribution in [3.8, 4) is 0 Å². The van der Waals surface area contributed by atoms with Crippen LogP contribution in [0.15, 0.2) is 98.1 Å². The molecule has 0 saturated carbocycles. The smallest absolute Gasteiger partial charge is 0.305 e. The van der Waals surface area contributed by atoms with Gasteiger partial charge in [-0.25, -0.2) is 0 Å². The van der Waals surface area contributed by atoms with E-state index in [-0.39, 0.29) is 32.5 Å². The maximum Gasteiger partial charge on any atom is 0.305 e. The van der Waals surface area contributed by atoms with Gasteiger partial charge in [0.2, 0.25) is 11.8 Å². The van der Waals surface area contributed by atoms with Crippen molar-refractivity contribution >= 4 is 40.2 Å². The first-order valence-electron chi connectivity index (χ1n) is 15.2. The zero-order valence-corrected chi connectivity index (χ0v) is 25.6. The van der Waals surface area contributed by atoms with Gasteiger partial charge in [-0.05, 0) is 60.6 Å². The number of rotatable bonds is 19. The lowest BCUT2D eigenvalue weighted by atomic mass is 9.98. The molecule has 238 valence electrons. The van der Waals surface area contributed by atoms with Crippen molar-refractivity contribution < 1.29 is 29.0 Å². The van der Waals surface area contributed by atoms with Crippen LogP contribution in [-0.4, -0.2) is 54.1 Å². The van der Waals surface area contributed by atoms with E-state index < -0.39 is 41.7 Å². The molecule has 45 heavy (non-hydrogen) atoms. The van der Waals surface area contributed by atoms with Crippen LogP contribution in [0.1, 0.15) is 44.1 Å². The van der Waals surface area contributed by atoms with Gasteiger partial charge < -0.3 is 25.8 Å². The van der Waals surface area contributed by atoms with Crippen LogP contribution in [0.4, 0.5) is 5.69 Å². The highest BCUT2D eigenvalue weighted by Gasteiger charge is 2.28. The largest absolute Gasteiger partial charge is 0.463 e. The van der Waals surface area contributed by atoms with Crippen LogP contribution in [0.5, 0.6) is 0 Å². The van der Waals surface area contributed by atoms with E-state index in [0.717, 1.165) is 29.2 Å². The number of unbranched alkanes of at least 4 members (excludes halogenated alkanes) is 2. The molecule has 3 amide bonds. The van der Waals surface area contributed by atoms with Crippen molar-refractivity contribution in [1.29, 1.82) is 0 Å². The Kier molecular flexibility index (Phi) is 14.5. The Labute approximate surface area is 264 Å². The van der Waals surface area contributed by atoms with Crippen LogP contribution < -0.4 is 16.0 Å². The lowest BCUT2D eigenvalue weighted by Gasteiger charge is -2.23. The number of carbonyl (C=O) groups excluding carboxylic acids is 4. The third kappa shape index (κ3) is 12.0. The fraction of sp³-hybridized carbons (Fsp3) is 0.333. The number of aliphatic hydroxyl groups excluding tert-OH is 1. The van der Waals surface area contributed by atoms with Gasteiger partial charge in [0, 0.05) is 18.5 Å². The van der Waals surface area contributed by atoms with Gasteiger partial charge in [0.1, 0.15) is 12.6 Å². The number of hydrogen-bond acceptors (Lipinski definition) is 6. The molecule has 3 rings (SSSR count). The molecule has 0 radical (unpaired) electrons. The molecule has 9 nitrogen and oxygen atoms in total. The number of nitrogens with one attached hydrogen (secondary N) is 3. The van der Waals surface area contributed by atoms with E-state index in [2.05, 4.69) is 29.1 Å². The molecule has 0 aliphatic rings. The Hall–Kier alpha value is -4.76. The first-order valence-corrected chi connectivity index (χ1v) is 15.2. The van der Waals surface area contributed by atoms with Gasteiger partial charge in [-0.2, -0.15) is 0 Å². The highest BCUT2D eigenvalue weighted by atomic mass is 16.5. The van der Waals surface area contributed by atoms with Crippen LogP contribution in [-0.2, 0) is 30.3 Å². The average molecular weight is 614 g/mol. The first-order chi connectivity index (χ1) is 21.8. The molecule has 0 bridgehead atoms. The Bertz CT molecular complexity index is 1440. The number of fused-ring (bicyclic) bond motifs is 1. The second-order valence-corrected chi connectivity index (χ2v) is 10.9. The summed E-state index contributed by atoms with van der Waals surface area (Å²) in [6, 6.07) is 20.8. The second kappa shape index (κ2) is 18.8. The van der Waals surface area contributed by atoms with Crippen LogP contribution in [0, 0.1) is 5.92 Å². The summed E-state index contributed by atoms with van der Waals surface area (Å²) in [5, 5.41) is 20.0. The Morgan fingerprint density at radius 2 is 1.58 bits per heavy atom. The van der Waals surface area contributed by atoms with Crippen LogP contribution >= 0.6 is 0 Å². The van der Waals surface area contributed by atoms with E-state index in [9.17, 15) is 24.3 Å². The minimum absolute atomic E-state index is 0.170. The normalized spacial score (nSPS) is 12.7. The highest BCUT2D eigenvalue weighted by molar-refractivity contribution is 5.99. The number of anilines is 1. The number of aliphatic hydroxyl groups is 1. The number of benzene rings is 3. The molecule has 0 aliphatic carbocycles. The van der Waals surface area contributed by atoms with Crippen LogP contribution in [0.25, 0.3) is 10.8 Å². The van der Waals surface area contributed by atoms with Crippen LogP contribution in [0.2, 0.25) is 0 Å². The molecule has 0 fully saturated rings. The molecule has 0 aliphatic heterocycles. The number of hydrogen-bond donors (Lipinski definition) is 4. The lowest BCUT2D eigenvalue weighted by Crippen LogP contribution is -2.49. The zero-order valence-electron chi connectivity index (χ0n) is 25.6. The quantitative estimate of drug-likeness (QED) is 0.0868. The van der Waals surface area contributed by atoms with Gasteiger partial charge in [0.15, 0.2) is 0 Å². The molecule has 3 atom stereocenters. The predicted molar refractivity (Wildman–Crippen MR) is 176 cm³/mol. The molecule has 0 spiro atoms. The third-order valence-electron chi connectivity index (χ3n) is 7.26. The maximum atomic E-state index is 13.4. The molecule has 4 N–H and O–H groups in total. The van der Waals surface area contributed by atoms with Gasteiger partial charge in [-0.15, -0.1) is 13.2 Å². The van der Waals surface area contributed by atoms with Gasteiger partial charge in [-0.3, -0.25) is 19.2 Å². The first kappa shape index (κ1) is 34.7. The minimum Gasteiger partial charge on any atom is -0.463 e. The SMILES string of the molecule is C=CCCCCC(=O)OC[C@H](NC(=O)[C@H](CC=C)CC(=O)N[C@H](CO)Cc1ccccc1)C(=O)Nc1ccc2ccccc2c1.